The summed E-state index contributed by atoms with van der Waals surface area (Å²) in [5.41, 5.74) is 2.38. The number of hydrogen-bond donors (Lipinski definition) is 2. The molecule has 0 heterocycles. The van der Waals surface area contributed by atoms with E-state index in [9.17, 15) is 4.79 Å². The molecule has 0 saturated carbocycles. The molecule has 0 unspecified atom stereocenters. The average molecular weight is 417 g/mol. The van der Waals surface area contributed by atoms with Gasteiger partial charge in [0.15, 0.2) is 0 Å². The molecule has 1 aromatic rings. The van der Waals surface area contributed by atoms with Crippen LogP contribution in [0.3, 0.4) is 0 Å². The molecule has 0 saturated heterocycles. The maximum absolute atomic E-state index is 11.8. The molecule has 0 aromatic heterocycles. The number of urea groups is 1. The molecule has 3 nitrogen and oxygen atoms in total. The number of aryl methyl sites for hydroxylation is 1. The van der Waals surface area contributed by atoms with Crippen LogP contribution in [0, 0.1) is 6.92 Å². The van der Waals surface area contributed by atoms with Gasteiger partial charge in [-0.05, 0) is 18.9 Å². The van der Waals surface area contributed by atoms with Gasteiger partial charge in [-0.2, -0.15) is 0 Å². The molecule has 2 N–H and O–H groups in total. The fourth-order valence-corrected chi connectivity index (χ4v) is 3.83. The van der Waals surface area contributed by atoms with Crippen LogP contribution in [0.1, 0.15) is 121 Å². The molecule has 172 valence electrons. The van der Waals surface area contributed by atoms with Crippen molar-refractivity contribution >= 4 is 6.03 Å². The lowest BCUT2D eigenvalue weighted by Gasteiger charge is -2.08. The maximum atomic E-state index is 11.8. The first-order chi connectivity index (χ1) is 14.7. The third-order valence-electron chi connectivity index (χ3n) is 5.89. The van der Waals surface area contributed by atoms with E-state index in [1.54, 1.807) is 0 Å². The van der Waals surface area contributed by atoms with Crippen LogP contribution in [0.4, 0.5) is 4.79 Å². The van der Waals surface area contributed by atoms with Crippen molar-refractivity contribution in [2.75, 3.05) is 6.54 Å². The van der Waals surface area contributed by atoms with Crippen molar-refractivity contribution in [3.63, 3.8) is 0 Å². The Morgan fingerprint density at radius 1 is 0.633 bits per heavy atom. The van der Waals surface area contributed by atoms with Gasteiger partial charge in [-0.1, -0.05) is 133 Å². The van der Waals surface area contributed by atoms with E-state index in [2.05, 4.69) is 48.7 Å². The van der Waals surface area contributed by atoms with E-state index in [0.717, 1.165) is 18.5 Å². The molecule has 1 aromatic carbocycles. The van der Waals surface area contributed by atoms with Crippen LogP contribution in [0.25, 0.3) is 0 Å². The summed E-state index contributed by atoms with van der Waals surface area (Å²) < 4.78 is 0. The Bertz CT molecular complexity index is 512. The highest BCUT2D eigenvalue weighted by Gasteiger charge is 2.00. The summed E-state index contributed by atoms with van der Waals surface area (Å²) in [7, 11) is 0. The lowest BCUT2D eigenvalue weighted by atomic mass is 10.0. The second-order valence-corrected chi connectivity index (χ2v) is 8.90. The summed E-state index contributed by atoms with van der Waals surface area (Å²) >= 11 is 0. The first kappa shape index (κ1) is 26.5. The fourth-order valence-electron chi connectivity index (χ4n) is 3.83. The molecule has 0 aliphatic rings. The van der Waals surface area contributed by atoms with Gasteiger partial charge in [0, 0.05) is 13.1 Å². The normalized spacial score (nSPS) is 10.9. The van der Waals surface area contributed by atoms with Gasteiger partial charge in [0.25, 0.3) is 0 Å². The zero-order valence-electron chi connectivity index (χ0n) is 19.9. The number of nitrogens with one attached hydrogen (secondary N) is 2. The highest BCUT2D eigenvalue weighted by Crippen LogP contribution is 2.13. The molecule has 0 atom stereocenters. The molecular formula is C27H48N2O. The van der Waals surface area contributed by atoms with E-state index in [4.69, 9.17) is 0 Å². The van der Waals surface area contributed by atoms with E-state index in [1.165, 1.54) is 102 Å². The predicted octanol–water partition coefficient (Wildman–Crippen LogP) is 8.06. The molecule has 0 radical (unpaired) electrons. The van der Waals surface area contributed by atoms with Crippen molar-refractivity contribution in [3.8, 4) is 0 Å². The Labute approximate surface area is 186 Å². The van der Waals surface area contributed by atoms with E-state index < -0.39 is 0 Å². The first-order valence-electron chi connectivity index (χ1n) is 12.8. The van der Waals surface area contributed by atoms with Crippen LogP contribution in [0.15, 0.2) is 24.3 Å². The van der Waals surface area contributed by atoms with Gasteiger partial charge in [-0.3, -0.25) is 0 Å². The standard InChI is InChI=1S/C27H48N2O/c1-3-4-5-6-7-8-9-10-11-12-13-14-15-16-17-18-23-28-27(30)29-24-26-21-19-25(2)20-22-26/h19-22H,3-18,23-24H2,1-2H3,(H2,28,29,30). The smallest absolute Gasteiger partial charge is 0.315 e. The second kappa shape index (κ2) is 19.5. The zero-order chi connectivity index (χ0) is 21.7. The third kappa shape index (κ3) is 16.3. The summed E-state index contributed by atoms with van der Waals surface area (Å²) in [6.07, 6.45) is 22.0. The minimum atomic E-state index is -0.0588. The lowest BCUT2D eigenvalue weighted by Crippen LogP contribution is -2.35. The molecule has 0 aliphatic carbocycles. The molecule has 0 aliphatic heterocycles. The first-order valence-corrected chi connectivity index (χ1v) is 12.8. The van der Waals surface area contributed by atoms with Gasteiger partial charge in [-0.25, -0.2) is 4.79 Å². The van der Waals surface area contributed by atoms with E-state index >= 15 is 0 Å². The van der Waals surface area contributed by atoms with Crippen LogP contribution in [0.2, 0.25) is 0 Å². The molecule has 0 spiro atoms. The Hall–Kier alpha value is -1.51. The molecular weight excluding hydrogens is 368 g/mol. The van der Waals surface area contributed by atoms with Crippen LogP contribution in [-0.4, -0.2) is 12.6 Å². The van der Waals surface area contributed by atoms with Crippen LogP contribution in [-0.2, 0) is 6.54 Å². The van der Waals surface area contributed by atoms with E-state index in [0.29, 0.717) is 6.54 Å². The molecule has 2 amide bonds. The zero-order valence-corrected chi connectivity index (χ0v) is 19.9. The van der Waals surface area contributed by atoms with Crippen LogP contribution < -0.4 is 10.6 Å². The number of amides is 2. The minimum absolute atomic E-state index is 0.0588. The highest BCUT2D eigenvalue weighted by molar-refractivity contribution is 5.73. The molecule has 0 fully saturated rings. The van der Waals surface area contributed by atoms with Crippen LogP contribution in [0.5, 0.6) is 0 Å². The summed E-state index contributed by atoms with van der Waals surface area (Å²) in [5, 5.41) is 5.89. The summed E-state index contributed by atoms with van der Waals surface area (Å²) in [4.78, 5) is 11.8. The van der Waals surface area contributed by atoms with Crippen molar-refractivity contribution in [2.24, 2.45) is 0 Å². The van der Waals surface area contributed by atoms with E-state index in [-0.39, 0.29) is 6.03 Å². The Balaban J connectivity index is 1.77. The van der Waals surface area contributed by atoms with Crippen molar-refractivity contribution in [1.82, 2.24) is 10.6 Å². The number of unbranched alkanes of at least 4 members (excludes halogenated alkanes) is 15. The third-order valence-corrected chi connectivity index (χ3v) is 5.89. The van der Waals surface area contributed by atoms with Crippen molar-refractivity contribution < 1.29 is 4.79 Å². The van der Waals surface area contributed by atoms with Gasteiger partial charge in [0.2, 0.25) is 0 Å². The van der Waals surface area contributed by atoms with Crippen molar-refractivity contribution in [2.45, 2.75) is 123 Å². The SMILES string of the molecule is CCCCCCCCCCCCCCCCCCNC(=O)NCc1ccc(C)cc1. The van der Waals surface area contributed by atoms with Gasteiger partial charge in [0.1, 0.15) is 0 Å². The monoisotopic (exact) mass is 416 g/mol. The largest absolute Gasteiger partial charge is 0.338 e. The maximum Gasteiger partial charge on any atom is 0.315 e. The van der Waals surface area contributed by atoms with Crippen LogP contribution >= 0.6 is 0 Å². The van der Waals surface area contributed by atoms with Gasteiger partial charge >= 0.3 is 6.03 Å². The number of hydrogen-bond acceptors (Lipinski definition) is 1. The lowest BCUT2D eigenvalue weighted by molar-refractivity contribution is 0.240. The summed E-state index contributed by atoms with van der Waals surface area (Å²) in [5.74, 6) is 0. The minimum Gasteiger partial charge on any atom is -0.338 e. The van der Waals surface area contributed by atoms with Gasteiger partial charge in [0.05, 0.1) is 0 Å². The van der Waals surface area contributed by atoms with Gasteiger partial charge < -0.3 is 10.6 Å². The average Bonchev–Trinajstić information content (AvgIpc) is 2.75. The van der Waals surface area contributed by atoms with E-state index in [1.807, 2.05) is 0 Å². The highest BCUT2D eigenvalue weighted by atomic mass is 16.2. The molecule has 0 bridgehead atoms. The number of rotatable bonds is 19. The Morgan fingerprint density at radius 2 is 1.07 bits per heavy atom. The molecule has 3 heteroatoms. The topological polar surface area (TPSA) is 41.1 Å². The fraction of sp³-hybridized carbons (Fsp3) is 0.741. The Morgan fingerprint density at radius 3 is 1.53 bits per heavy atom. The number of carbonyl (C=O) groups is 1. The molecule has 30 heavy (non-hydrogen) atoms. The van der Waals surface area contributed by atoms with Crippen molar-refractivity contribution in [3.05, 3.63) is 35.4 Å². The van der Waals surface area contributed by atoms with Crippen molar-refractivity contribution in [1.29, 1.82) is 0 Å². The Kier molecular flexibility index (Phi) is 17.2. The molecule has 1 rings (SSSR count). The number of carbonyl (C=O) groups excluding carboxylic acids is 1. The summed E-state index contributed by atoms with van der Waals surface area (Å²) in [6.45, 7) is 5.72. The second-order valence-electron chi connectivity index (χ2n) is 8.90. The predicted molar refractivity (Wildman–Crippen MR) is 131 cm³/mol. The number of benzene rings is 1. The quantitative estimate of drug-likeness (QED) is 0.220. The van der Waals surface area contributed by atoms with Gasteiger partial charge in [-0.15, -0.1) is 0 Å². The summed E-state index contributed by atoms with van der Waals surface area (Å²) in [6, 6.07) is 8.21.